The molecular weight excluding hydrogens is 302 g/mol. The molecule has 1 aromatic carbocycles. The van der Waals surface area contributed by atoms with Gasteiger partial charge >= 0.3 is 6.09 Å². The van der Waals surface area contributed by atoms with Crippen molar-refractivity contribution in [3.63, 3.8) is 0 Å². The number of carbonyl (C=O) groups is 3. The fourth-order valence-electron chi connectivity index (χ4n) is 3.70. The van der Waals surface area contributed by atoms with E-state index in [4.69, 9.17) is 0 Å². The second-order valence-electron chi connectivity index (χ2n) is 5.59. The summed E-state index contributed by atoms with van der Waals surface area (Å²) in [7, 11) is 1.17. The van der Waals surface area contributed by atoms with Gasteiger partial charge in [0.1, 0.15) is 0 Å². The maximum atomic E-state index is 12.7. The predicted molar refractivity (Wildman–Crippen MR) is 79.9 cm³/mol. The van der Waals surface area contributed by atoms with E-state index in [1.807, 2.05) is 42.5 Å². The van der Waals surface area contributed by atoms with Crippen molar-refractivity contribution in [2.75, 3.05) is 7.11 Å². The molecule has 3 amide bonds. The molecule has 4 rings (SSSR count). The number of likely N-dealkylation sites (tertiary alicyclic amines) is 1. The van der Waals surface area contributed by atoms with Crippen LogP contribution in [-0.2, 0) is 19.1 Å². The normalized spacial score (nSPS) is 35.1. The summed E-state index contributed by atoms with van der Waals surface area (Å²) < 4.78 is 4.02. The third kappa shape index (κ3) is 1.48. The Morgan fingerprint density at radius 2 is 1.95 bits per heavy atom. The van der Waals surface area contributed by atoms with Crippen molar-refractivity contribution in [2.45, 2.75) is 10.00 Å². The quantitative estimate of drug-likeness (QED) is 0.585. The number of thioether (sulfide) groups is 1. The van der Waals surface area contributed by atoms with Crippen molar-refractivity contribution in [1.29, 1.82) is 0 Å². The SMILES string of the molecule is COC(=O)N1C(=O)C2C3C=CC(c4ccccc4)(S3)C2C1=O. The summed E-state index contributed by atoms with van der Waals surface area (Å²) in [5, 5.41) is -0.0729. The van der Waals surface area contributed by atoms with Crippen LogP contribution in [0.3, 0.4) is 0 Å². The van der Waals surface area contributed by atoms with Gasteiger partial charge in [-0.15, -0.1) is 11.8 Å². The van der Waals surface area contributed by atoms with E-state index >= 15 is 0 Å². The summed E-state index contributed by atoms with van der Waals surface area (Å²) in [6, 6.07) is 9.66. The van der Waals surface area contributed by atoms with Crippen LogP contribution in [-0.4, -0.2) is 35.2 Å². The zero-order valence-electron chi connectivity index (χ0n) is 11.8. The predicted octanol–water partition coefficient (Wildman–Crippen LogP) is 1.93. The average molecular weight is 315 g/mol. The summed E-state index contributed by atoms with van der Waals surface area (Å²) in [6.45, 7) is 0. The van der Waals surface area contributed by atoms with Gasteiger partial charge in [-0.3, -0.25) is 9.59 Å². The first-order valence-corrected chi connectivity index (χ1v) is 7.86. The fraction of sp³-hybridized carbons (Fsp3) is 0.312. The average Bonchev–Trinajstić information content (AvgIpc) is 3.19. The number of imide groups is 3. The van der Waals surface area contributed by atoms with Gasteiger partial charge < -0.3 is 4.74 Å². The molecule has 0 saturated carbocycles. The van der Waals surface area contributed by atoms with Crippen molar-refractivity contribution in [2.24, 2.45) is 11.8 Å². The number of amides is 3. The van der Waals surface area contributed by atoms with E-state index < -0.39 is 34.5 Å². The van der Waals surface area contributed by atoms with Crippen molar-refractivity contribution in [3.05, 3.63) is 48.0 Å². The summed E-state index contributed by atoms with van der Waals surface area (Å²) in [5.74, 6) is -1.92. The van der Waals surface area contributed by atoms with Gasteiger partial charge in [0, 0.05) is 5.25 Å². The Morgan fingerprint density at radius 1 is 1.23 bits per heavy atom. The van der Waals surface area contributed by atoms with E-state index in [1.165, 1.54) is 7.11 Å². The minimum atomic E-state index is -0.892. The highest BCUT2D eigenvalue weighted by Gasteiger charge is 2.68. The Kier molecular flexibility index (Phi) is 2.75. The molecule has 2 bridgehead atoms. The second-order valence-corrected chi connectivity index (χ2v) is 7.04. The number of hydrogen-bond acceptors (Lipinski definition) is 5. The van der Waals surface area contributed by atoms with Gasteiger partial charge in [-0.1, -0.05) is 42.5 Å². The largest absolute Gasteiger partial charge is 0.452 e. The van der Waals surface area contributed by atoms with Crippen LogP contribution >= 0.6 is 11.8 Å². The minimum Gasteiger partial charge on any atom is -0.452 e. The molecular formula is C16H13NO4S. The maximum absolute atomic E-state index is 12.7. The van der Waals surface area contributed by atoms with Crippen molar-refractivity contribution < 1.29 is 19.1 Å². The molecule has 3 aliphatic heterocycles. The van der Waals surface area contributed by atoms with Crippen LogP contribution < -0.4 is 0 Å². The summed E-state index contributed by atoms with van der Waals surface area (Å²) in [6.07, 6.45) is 3.09. The van der Waals surface area contributed by atoms with Crippen LogP contribution in [0.25, 0.3) is 0 Å². The number of hydrogen-bond donors (Lipinski definition) is 0. The zero-order chi connectivity index (χ0) is 15.5. The van der Waals surface area contributed by atoms with E-state index in [2.05, 4.69) is 4.74 Å². The smallest absolute Gasteiger partial charge is 0.423 e. The van der Waals surface area contributed by atoms with E-state index in [0.29, 0.717) is 4.90 Å². The molecule has 6 heteroatoms. The lowest BCUT2D eigenvalue weighted by Gasteiger charge is -2.29. The number of ether oxygens (including phenoxy) is 1. The fourth-order valence-corrected chi connectivity index (χ4v) is 5.55. The van der Waals surface area contributed by atoms with Gasteiger partial charge in [-0.25, -0.2) is 4.79 Å². The molecule has 0 aliphatic carbocycles. The second kappa shape index (κ2) is 4.46. The Labute approximate surface area is 131 Å². The minimum absolute atomic E-state index is 0.0729. The van der Waals surface area contributed by atoms with E-state index in [-0.39, 0.29) is 5.25 Å². The lowest BCUT2D eigenvalue weighted by Crippen LogP contribution is -2.40. The summed E-state index contributed by atoms with van der Waals surface area (Å²) in [5.41, 5.74) is 0.985. The monoisotopic (exact) mass is 315 g/mol. The summed E-state index contributed by atoms with van der Waals surface area (Å²) >= 11 is 1.62. The molecule has 2 fully saturated rings. The molecule has 0 radical (unpaired) electrons. The highest BCUT2D eigenvalue weighted by Crippen LogP contribution is 2.64. The van der Waals surface area contributed by atoms with Crippen LogP contribution in [0.15, 0.2) is 42.5 Å². The standard InChI is InChI=1S/C16H13NO4S/c1-21-15(20)17-13(18)11-10-7-8-16(22-10,12(11)14(17)19)9-5-3-2-4-6-9/h2-8,10-12H,1H3. The molecule has 0 aromatic heterocycles. The topological polar surface area (TPSA) is 63.7 Å². The van der Waals surface area contributed by atoms with Gasteiger partial charge in [0.25, 0.3) is 0 Å². The van der Waals surface area contributed by atoms with Gasteiger partial charge in [0.05, 0.1) is 23.7 Å². The number of methoxy groups -OCH3 is 1. The van der Waals surface area contributed by atoms with Gasteiger partial charge in [0.15, 0.2) is 0 Å². The number of rotatable bonds is 1. The summed E-state index contributed by atoms with van der Waals surface area (Å²) in [4.78, 5) is 37.7. The number of benzene rings is 1. The Morgan fingerprint density at radius 3 is 2.64 bits per heavy atom. The molecule has 4 atom stereocenters. The van der Waals surface area contributed by atoms with Gasteiger partial charge in [-0.05, 0) is 5.56 Å². The Bertz CT molecular complexity index is 716. The van der Waals surface area contributed by atoms with E-state index in [0.717, 1.165) is 5.56 Å². The molecule has 0 N–H and O–H groups in total. The molecule has 0 spiro atoms. The van der Waals surface area contributed by atoms with Crippen LogP contribution in [0.2, 0.25) is 0 Å². The molecule has 22 heavy (non-hydrogen) atoms. The third-order valence-corrected chi connectivity index (χ3v) is 6.35. The van der Waals surface area contributed by atoms with Crippen LogP contribution in [0.4, 0.5) is 4.79 Å². The highest BCUT2D eigenvalue weighted by molar-refractivity contribution is 8.01. The third-order valence-electron chi connectivity index (χ3n) is 4.61. The number of nitrogens with zero attached hydrogens (tertiary/aromatic N) is 1. The number of fused-ring (bicyclic) bond motifs is 5. The molecule has 3 heterocycles. The molecule has 3 aliphatic rings. The van der Waals surface area contributed by atoms with E-state index in [1.54, 1.807) is 11.8 Å². The lowest BCUT2D eigenvalue weighted by molar-refractivity contribution is -0.137. The first-order chi connectivity index (χ1) is 10.6. The Balaban J connectivity index is 1.82. The number of carbonyl (C=O) groups excluding carboxylic acids is 3. The lowest BCUT2D eigenvalue weighted by atomic mass is 9.74. The molecule has 1 aromatic rings. The van der Waals surface area contributed by atoms with Crippen LogP contribution in [0, 0.1) is 11.8 Å². The molecule has 2 saturated heterocycles. The molecule has 112 valence electrons. The first kappa shape index (κ1) is 13.6. The van der Waals surface area contributed by atoms with Gasteiger partial charge in [-0.2, -0.15) is 4.90 Å². The van der Waals surface area contributed by atoms with Gasteiger partial charge in [0.2, 0.25) is 11.8 Å². The van der Waals surface area contributed by atoms with Crippen molar-refractivity contribution in [3.8, 4) is 0 Å². The molecule has 5 nitrogen and oxygen atoms in total. The van der Waals surface area contributed by atoms with Crippen molar-refractivity contribution >= 4 is 29.7 Å². The Hall–Kier alpha value is -2.08. The van der Waals surface area contributed by atoms with E-state index in [9.17, 15) is 14.4 Å². The molecule has 4 unspecified atom stereocenters. The van der Waals surface area contributed by atoms with Crippen molar-refractivity contribution in [1.82, 2.24) is 4.90 Å². The first-order valence-electron chi connectivity index (χ1n) is 6.98. The maximum Gasteiger partial charge on any atom is 0.423 e. The van der Waals surface area contributed by atoms with Crippen LogP contribution in [0.5, 0.6) is 0 Å². The highest BCUT2D eigenvalue weighted by atomic mass is 32.2. The van der Waals surface area contributed by atoms with Crippen LogP contribution in [0.1, 0.15) is 5.56 Å². The zero-order valence-corrected chi connectivity index (χ0v) is 12.6.